The number of likely N-dealkylation sites (tertiary alicyclic amines) is 1. The fraction of sp³-hybridized carbons (Fsp3) is 0.444. The number of nitrogens with zero attached hydrogens (tertiary/aromatic N) is 1. The van der Waals surface area contributed by atoms with Gasteiger partial charge in [0.15, 0.2) is 0 Å². The molecule has 8 nitrogen and oxygen atoms in total. The van der Waals surface area contributed by atoms with Gasteiger partial charge in [-0.15, -0.1) is 0 Å². The molecule has 1 aliphatic carbocycles. The Bertz CT molecular complexity index is 1060. The number of nitrogens with one attached hydrogen (secondary N) is 1. The second kappa shape index (κ2) is 10.1. The number of carboxylic acids is 1. The van der Waals surface area contributed by atoms with Crippen LogP contribution in [-0.2, 0) is 19.1 Å². The highest BCUT2D eigenvalue weighted by Crippen LogP contribution is 2.44. The predicted molar refractivity (Wildman–Crippen MR) is 128 cm³/mol. The van der Waals surface area contributed by atoms with Crippen LogP contribution in [0.2, 0.25) is 0 Å². The van der Waals surface area contributed by atoms with Crippen LogP contribution in [0.15, 0.2) is 48.5 Å². The number of amides is 2. The molecule has 2 N–H and O–H groups in total. The van der Waals surface area contributed by atoms with Gasteiger partial charge in [0.25, 0.3) is 5.91 Å². The molecule has 2 aromatic rings. The van der Waals surface area contributed by atoms with Gasteiger partial charge in [0.05, 0.1) is 12.0 Å². The Morgan fingerprint density at radius 2 is 1.57 bits per heavy atom. The number of benzene rings is 2. The third-order valence-corrected chi connectivity index (χ3v) is 7.36. The van der Waals surface area contributed by atoms with Crippen molar-refractivity contribution >= 4 is 18.0 Å². The minimum atomic E-state index is -0.798. The molecule has 3 aliphatic rings. The zero-order valence-electron chi connectivity index (χ0n) is 19.5. The first-order valence-electron chi connectivity index (χ1n) is 12.3. The minimum absolute atomic E-state index is 0.00292. The Morgan fingerprint density at radius 1 is 0.943 bits per heavy atom. The fourth-order valence-electron chi connectivity index (χ4n) is 5.43. The van der Waals surface area contributed by atoms with Crippen LogP contribution >= 0.6 is 0 Å². The average Bonchev–Trinajstić information content (AvgIpc) is 3.49. The highest BCUT2D eigenvalue weighted by atomic mass is 16.5. The van der Waals surface area contributed by atoms with Crippen LogP contribution in [0.1, 0.15) is 42.7 Å². The number of piperidine rings is 1. The van der Waals surface area contributed by atoms with E-state index in [1.807, 2.05) is 24.3 Å². The Labute approximate surface area is 204 Å². The molecule has 0 bridgehead atoms. The summed E-state index contributed by atoms with van der Waals surface area (Å²) in [7, 11) is 0. The third-order valence-electron chi connectivity index (χ3n) is 7.36. The van der Waals surface area contributed by atoms with Crippen molar-refractivity contribution in [3.05, 3.63) is 59.7 Å². The second-order valence-electron chi connectivity index (χ2n) is 9.47. The molecule has 2 unspecified atom stereocenters. The average molecular weight is 479 g/mol. The zero-order chi connectivity index (χ0) is 24.4. The molecule has 5 rings (SSSR count). The lowest BCUT2D eigenvalue weighted by Gasteiger charge is -2.31. The summed E-state index contributed by atoms with van der Waals surface area (Å²) in [5.74, 6) is -1.26. The number of aliphatic carboxylic acids is 1. The lowest BCUT2D eigenvalue weighted by Crippen LogP contribution is -2.45. The summed E-state index contributed by atoms with van der Waals surface area (Å²) in [6, 6.07) is 16.4. The van der Waals surface area contributed by atoms with E-state index in [0.717, 1.165) is 11.1 Å². The van der Waals surface area contributed by atoms with Crippen molar-refractivity contribution in [3.8, 4) is 11.1 Å². The third kappa shape index (κ3) is 4.89. The van der Waals surface area contributed by atoms with Crippen LogP contribution in [-0.4, -0.2) is 66.4 Å². The van der Waals surface area contributed by atoms with E-state index < -0.39 is 18.2 Å². The molecule has 8 heteroatoms. The van der Waals surface area contributed by atoms with Crippen molar-refractivity contribution in [2.24, 2.45) is 5.92 Å². The summed E-state index contributed by atoms with van der Waals surface area (Å²) in [6.45, 7) is 1.41. The summed E-state index contributed by atoms with van der Waals surface area (Å²) < 4.78 is 11.5. The number of ether oxygens (including phenoxy) is 2. The van der Waals surface area contributed by atoms with Crippen molar-refractivity contribution in [1.82, 2.24) is 10.2 Å². The number of alkyl carbamates (subject to hydrolysis) is 1. The van der Waals surface area contributed by atoms with E-state index in [1.165, 1.54) is 11.1 Å². The van der Waals surface area contributed by atoms with Gasteiger partial charge in [-0.25, -0.2) is 4.79 Å². The maximum atomic E-state index is 12.8. The topological polar surface area (TPSA) is 105 Å². The van der Waals surface area contributed by atoms with Gasteiger partial charge in [0.2, 0.25) is 0 Å². The summed E-state index contributed by atoms with van der Waals surface area (Å²) in [5.41, 5.74) is 4.68. The Balaban J connectivity index is 1.08. The van der Waals surface area contributed by atoms with Gasteiger partial charge in [-0.1, -0.05) is 48.5 Å². The SMILES string of the molecule is O=C(NCC1CCC(C(=O)N2CCC(C(=O)O)CC2)O1)OCC1c2ccccc2-c2ccccc21. The number of carbonyl (C=O) groups is 3. The molecular weight excluding hydrogens is 448 g/mol. The van der Waals surface area contributed by atoms with Gasteiger partial charge in [0, 0.05) is 25.6 Å². The van der Waals surface area contributed by atoms with E-state index >= 15 is 0 Å². The first kappa shape index (κ1) is 23.4. The molecule has 2 aliphatic heterocycles. The molecule has 2 saturated heterocycles. The molecule has 2 aromatic carbocycles. The summed E-state index contributed by atoms with van der Waals surface area (Å²) in [5, 5.41) is 11.9. The lowest BCUT2D eigenvalue weighted by molar-refractivity contribution is -0.149. The molecule has 2 amide bonds. The van der Waals surface area contributed by atoms with Gasteiger partial charge >= 0.3 is 12.1 Å². The predicted octanol–water partition coefficient (Wildman–Crippen LogP) is 3.40. The number of rotatable bonds is 6. The number of hydrogen-bond donors (Lipinski definition) is 2. The Kier molecular flexibility index (Phi) is 6.72. The van der Waals surface area contributed by atoms with Crippen LogP contribution in [0.3, 0.4) is 0 Å². The molecule has 35 heavy (non-hydrogen) atoms. The number of carbonyl (C=O) groups excluding carboxylic acids is 2. The van der Waals surface area contributed by atoms with Crippen molar-refractivity contribution in [2.45, 2.75) is 43.8 Å². The van der Waals surface area contributed by atoms with E-state index in [9.17, 15) is 14.4 Å². The number of carboxylic acid groups (broad SMARTS) is 1. The van der Waals surface area contributed by atoms with Gasteiger partial charge in [-0.05, 0) is 47.9 Å². The highest BCUT2D eigenvalue weighted by Gasteiger charge is 2.36. The van der Waals surface area contributed by atoms with Gasteiger partial charge in [-0.3, -0.25) is 9.59 Å². The fourth-order valence-corrected chi connectivity index (χ4v) is 5.43. The second-order valence-corrected chi connectivity index (χ2v) is 9.47. The molecular formula is C27H30N2O6. The monoisotopic (exact) mass is 478 g/mol. The Morgan fingerprint density at radius 3 is 2.20 bits per heavy atom. The largest absolute Gasteiger partial charge is 0.481 e. The normalized spacial score (nSPS) is 21.9. The van der Waals surface area contributed by atoms with Crippen molar-refractivity contribution in [1.29, 1.82) is 0 Å². The van der Waals surface area contributed by atoms with Crippen molar-refractivity contribution < 1.29 is 29.0 Å². The van der Waals surface area contributed by atoms with Gasteiger partial charge in [-0.2, -0.15) is 0 Å². The van der Waals surface area contributed by atoms with E-state index in [2.05, 4.69) is 29.6 Å². The molecule has 0 radical (unpaired) electrons. The standard InChI is InChI=1S/C27H30N2O6/c30-25(29-13-11-17(12-14-29)26(31)32)24-10-9-18(35-24)15-28-27(33)34-16-23-21-7-3-1-5-19(21)20-6-2-4-8-22(20)23/h1-8,17-18,23-24H,9-16H2,(H,28,33)(H,31,32). The molecule has 0 saturated carbocycles. The van der Waals surface area contributed by atoms with Crippen LogP contribution in [0.4, 0.5) is 4.79 Å². The molecule has 0 aromatic heterocycles. The van der Waals surface area contributed by atoms with Gasteiger partial charge < -0.3 is 24.8 Å². The lowest BCUT2D eigenvalue weighted by atomic mass is 9.96. The van der Waals surface area contributed by atoms with Crippen molar-refractivity contribution in [2.75, 3.05) is 26.2 Å². The highest BCUT2D eigenvalue weighted by molar-refractivity contribution is 5.82. The van der Waals surface area contributed by atoms with Gasteiger partial charge in [0.1, 0.15) is 12.7 Å². The van der Waals surface area contributed by atoms with E-state index in [-0.39, 0.29) is 37.0 Å². The van der Waals surface area contributed by atoms with Crippen molar-refractivity contribution in [3.63, 3.8) is 0 Å². The first-order valence-corrected chi connectivity index (χ1v) is 12.3. The zero-order valence-corrected chi connectivity index (χ0v) is 19.5. The van der Waals surface area contributed by atoms with E-state index in [1.54, 1.807) is 4.90 Å². The molecule has 184 valence electrons. The number of fused-ring (bicyclic) bond motifs is 3. The molecule has 2 heterocycles. The van der Waals surface area contributed by atoms with Crippen LogP contribution in [0.25, 0.3) is 11.1 Å². The first-order chi connectivity index (χ1) is 17.0. The molecule has 2 atom stereocenters. The van der Waals surface area contributed by atoms with Crippen LogP contribution < -0.4 is 5.32 Å². The summed E-state index contributed by atoms with van der Waals surface area (Å²) in [6.07, 6.45) is 0.925. The van der Waals surface area contributed by atoms with E-state index in [0.29, 0.717) is 38.8 Å². The summed E-state index contributed by atoms with van der Waals surface area (Å²) >= 11 is 0. The quantitative estimate of drug-likeness (QED) is 0.659. The molecule has 2 fully saturated rings. The molecule has 0 spiro atoms. The van der Waals surface area contributed by atoms with Crippen LogP contribution in [0.5, 0.6) is 0 Å². The number of hydrogen-bond acceptors (Lipinski definition) is 5. The Hall–Kier alpha value is -3.39. The smallest absolute Gasteiger partial charge is 0.407 e. The summed E-state index contributed by atoms with van der Waals surface area (Å²) in [4.78, 5) is 38.0. The maximum Gasteiger partial charge on any atom is 0.407 e. The van der Waals surface area contributed by atoms with E-state index in [4.69, 9.17) is 14.6 Å². The maximum absolute atomic E-state index is 12.8. The minimum Gasteiger partial charge on any atom is -0.481 e. The van der Waals surface area contributed by atoms with Crippen LogP contribution in [0, 0.1) is 5.92 Å².